The molecule has 90 valence electrons. The van der Waals surface area contributed by atoms with E-state index in [-0.39, 0.29) is 5.82 Å². The van der Waals surface area contributed by atoms with Crippen molar-refractivity contribution < 1.29 is 12.8 Å². The first-order valence-corrected chi connectivity index (χ1v) is 6.62. The normalized spacial score (nSPS) is 11.7. The fourth-order valence-corrected chi connectivity index (χ4v) is 2.04. The van der Waals surface area contributed by atoms with Crippen LogP contribution in [-0.4, -0.2) is 23.6 Å². The molecule has 9 heteroatoms. The van der Waals surface area contributed by atoms with Crippen LogP contribution in [0.5, 0.6) is 0 Å². The minimum Gasteiger partial charge on any atom is -0.248 e. The van der Waals surface area contributed by atoms with E-state index in [2.05, 4.69) is 31.1 Å². The lowest BCUT2D eigenvalue weighted by Crippen LogP contribution is -2.13. The van der Waals surface area contributed by atoms with E-state index >= 15 is 0 Å². The van der Waals surface area contributed by atoms with E-state index in [4.69, 9.17) is 5.14 Å². The Hall–Kier alpha value is -1.32. The maximum Gasteiger partial charge on any atom is 0.273 e. The third kappa shape index (κ3) is 2.68. The van der Waals surface area contributed by atoms with Crippen molar-refractivity contribution in [1.82, 2.24) is 15.2 Å². The number of hydrogen-bond donors (Lipinski definition) is 2. The molecule has 3 N–H and O–H groups in total. The predicted octanol–water partition coefficient (Wildman–Crippen LogP) is 1.02. The summed E-state index contributed by atoms with van der Waals surface area (Å²) in [6.07, 6.45) is 0. The lowest BCUT2D eigenvalue weighted by atomic mass is 10.2. The standard InChI is InChI=1S/C8H6BrFN4O2S/c9-5-1-4(2-6(10)3-5)7-12-8(14-13-7)17(11,15)16/h1-3H,(H2,11,15,16)(H,12,13,14). The van der Waals surface area contributed by atoms with Crippen molar-refractivity contribution >= 4 is 26.0 Å². The van der Waals surface area contributed by atoms with E-state index in [1.165, 1.54) is 12.1 Å². The highest BCUT2D eigenvalue weighted by Crippen LogP contribution is 2.22. The molecule has 6 nitrogen and oxygen atoms in total. The number of nitrogens with one attached hydrogen (secondary N) is 1. The van der Waals surface area contributed by atoms with E-state index in [1.54, 1.807) is 6.07 Å². The summed E-state index contributed by atoms with van der Waals surface area (Å²) in [5, 5.41) is 10.2. The van der Waals surface area contributed by atoms with Crippen LogP contribution in [0.1, 0.15) is 0 Å². The minimum atomic E-state index is -3.94. The number of benzene rings is 1. The van der Waals surface area contributed by atoms with Crippen molar-refractivity contribution in [3.8, 4) is 11.4 Å². The molecule has 0 saturated carbocycles. The van der Waals surface area contributed by atoms with Crippen molar-refractivity contribution in [2.75, 3.05) is 0 Å². The zero-order valence-corrected chi connectivity index (χ0v) is 10.6. The number of H-pyrrole nitrogens is 1. The summed E-state index contributed by atoms with van der Waals surface area (Å²) in [4.78, 5) is 3.67. The Labute approximate surface area is 104 Å². The van der Waals surface area contributed by atoms with Gasteiger partial charge < -0.3 is 0 Å². The first-order chi connectivity index (χ1) is 7.86. The number of nitrogens with two attached hydrogens (primary N) is 1. The van der Waals surface area contributed by atoms with Gasteiger partial charge in [-0.1, -0.05) is 15.9 Å². The SMILES string of the molecule is NS(=O)(=O)c1nc(-c2cc(F)cc(Br)c2)n[nH]1. The number of primary sulfonamides is 1. The molecule has 1 aromatic carbocycles. The average Bonchev–Trinajstić information content (AvgIpc) is 2.63. The Bertz CT molecular complexity index is 650. The lowest BCUT2D eigenvalue weighted by molar-refractivity contribution is 0.589. The predicted molar refractivity (Wildman–Crippen MR) is 60.8 cm³/mol. The van der Waals surface area contributed by atoms with Crippen molar-refractivity contribution in [3.63, 3.8) is 0 Å². The number of nitrogens with zero attached hydrogens (tertiary/aromatic N) is 2. The van der Waals surface area contributed by atoms with Crippen LogP contribution < -0.4 is 5.14 Å². The highest BCUT2D eigenvalue weighted by atomic mass is 79.9. The van der Waals surface area contributed by atoms with Gasteiger partial charge in [-0.25, -0.2) is 23.0 Å². The van der Waals surface area contributed by atoms with Gasteiger partial charge in [-0.15, -0.1) is 0 Å². The highest BCUT2D eigenvalue weighted by molar-refractivity contribution is 9.10. The van der Waals surface area contributed by atoms with Gasteiger partial charge in [0.15, 0.2) is 5.82 Å². The zero-order valence-electron chi connectivity index (χ0n) is 8.18. The van der Waals surface area contributed by atoms with E-state index < -0.39 is 21.0 Å². The van der Waals surface area contributed by atoms with Gasteiger partial charge in [-0.05, 0) is 18.2 Å². The second-order valence-electron chi connectivity index (χ2n) is 3.17. The number of hydrogen-bond acceptors (Lipinski definition) is 4. The number of aromatic amines is 1. The Balaban J connectivity index is 2.51. The van der Waals surface area contributed by atoms with Gasteiger partial charge in [-0.2, -0.15) is 10.1 Å². The van der Waals surface area contributed by atoms with Gasteiger partial charge in [0.1, 0.15) is 5.82 Å². The van der Waals surface area contributed by atoms with Crippen LogP contribution in [0.3, 0.4) is 0 Å². The maximum atomic E-state index is 13.1. The monoisotopic (exact) mass is 320 g/mol. The topological polar surface area (TPSA) is 102 Å². The minimum absolute atomic E-state index is 0.0502. The summed E-state index contributed by atoms with van der Waals surface area (Å²) >= 11 is 3.11. The molecule has 1 aromatic heterocycles. The van der Waals surface area contributed by atoms with Crippen LogP contribution in [-0.2, 0) is 10.0 Å². The average molecular weight is 321 g/mol. The molecule has 0 atom stereocenters. The number of aromatic nitrogens is 3. The third-order valence-electron chi connectivity index (χ3n) is 1.86. The van der Waals surface area contributed by atoms with E-state index in [1.807, 2.05) is 0 Å². The molecule has 0 bridgehead atoms. The van der Waals surface area contributed by atoms with Gasteiger partial charge in [0, 0.05) is 10.0 Å². The second kappa shape index (κ2) is 4.17. The number of rotatable bonds is 2. The molecule has 0 aliphatic heterocycles. The van der Waals surface area contributed by atoms with Gasteiger partial charge in [-0.3, -0.25) is 0 Å². The van der Waals surface area contributed by atoms with Gasteiger partial charge in [0.25, 0.3) is 15.2 Å². The van der Waals surface area contributed by atoms with Crippen molar-refractivity contribution in [3.05, 3.63) is 28.5 Å². The molecule has 0 saturated heterocycles. The Morgan fingerprint density at radius 1 is 1.35 bits per heavy atom. The van der Waals surface area contributed by atoms with Crippen molar-refractivity contribution in [2.24, 2.45) is 5.14 Å². The summed E-state index contributed by atoms with van der Waals surface area (Å²) in [5.74, 6) is -0.439. The van der Waals surface area contributed by atoms with Crippen LogP contribution in [0.4, 0.5) is 4.39 Å². The van der Waals surface area contributed by atoms with Crippen LogP contribution in [0, 0.1) is 5.82 Å². The molecule has 0 aliphatic rings. The van der Waals surface area contributed by atoms with E-state index in [0.717, 1.165) is 0 Å². The molecule has 0 amide bonds. The molecule has 1 heterocycles. The van der Waals surface area contributed by atoms with Crippen LogP contribution in [0.25, 0.3) is 11.4 Å². The van der Waals surface area contributed by atoms with Crippen LogP contribution in [0.15, 0.2) is 27.8 Å². The molecule has 0 radical (unpaired) electrons. The van der Waals surface area contributed by atoms with Crippen molar-refractivity contribution in [2.45, 2.75) is 5.16 Å². The quantitative estimate of drug-likeness (QED) is 0.862. The van der Waals surface area contributed by atoms with E-state index in [9.17, 15) is 12.8 Å². The van der Waals surface area contributed by atoms with Crippen LogP contribution >= 0.6 is 15.9 Å². The largest absolute Gasteiger partial charge is 0.273 e. The summed E-state index contributed by atoms with van der Waals surface area (Å²) < 4.78 is 35.6. The van der Waals surface area contributed by atoms with Gasteiger partial charge >= 0.3 is 0 Å². The van der Waals surface area contributed by atoms with Crippen LogP contribution in [0.2, 0.25) is 0 Å². The van der Waals surface area contributed by atoms with Gasteiger partial charge in [0.2, 0.25) is 0 Å². The molecule has 0 aliphatic carbocycles. The highest BCUT2D eigenvalue weighted by Gasteiger charge is 2.15. The smallest absolute Gasteiger partial charge is 0.248 e. The van der Waals surface area contributed by atoms with E-state index in [0.29, 0.717) is 10.0 Å². The lowest BCUT2D eigenvalue weighted by Gasteiger charge is -1.97. The Morgan fingerprint density at radius 2 is 2.06 bits per heavy atom. The molecule has 0 unspecified atom stereocenters. The third-order valence-corrected chi connectivity index (χ3v) is 3.03. The first kappa shape index (κ1) is 12.1. The summed E-state index contributed by atoms with van der Waals surface area (Å²) in [5.41, 5.74) is 0.336. The van der Waals surface area contributed by atoms with Gasteiger partial charge in [0.05, 0.1) is 0 Å². The Kier molecular flexibility index (Phi) is 2.98. The molecule has 0 spiro atoms. The molecular weight excluding hydrogens is 315 g/mol. The summed E-state index contributed by atoms with van der Waals surface area (Å²) in [7, 11) is -3.94. The number of halogens is 2. The maximum absolute atomic E-state index is 13.1. The summed E-state index contributed by atoms with van der Waals surface area (Å²) in [6, 6.07) is 4.00. The molecule has 2 rings (SSSR count). The van der Waals surface area contributed by atoms with Crippen molar-refractivity contribution in [1.29, 1.82) is 0 Å². The number of sulfonamides is 1. The summed E-state index contributed by atoms with van der Waals surface area (Å²) in [6.45, 7) is 0. The fourth-order valence-electron chi connectivity index (χ4n) is 1.19. The fraction of sp³-hybridized carbons (Fsp3) is 0. The molecule has 2 aromatic rings. The first-order valence-electron chi connectivity index (χ1n) is 4.28. The zero-order chi connectivity index (χ0) is 12.6. The molecule has 0 fully saturated rings. The molecular formula is C8H6BrFN4O2S. The second-order valence-corrected chi connectivity index (χ2v) is 5.56. The Morgan fingerprint density at radius 3 is 2.59 bits per heavy atom. The molecule has 17 heavy (non-hydrogen) atoms.